The van der Waals surface area contributed by atoms with Crippen LogP contribution in [0, 0.1) is 0 Å². The molecule has 3 aromatic rings. The van der Waals surface area contributed by atoms with Crippen molar-refractivity contribution in [1.29, 1.82) is 0 Å². The zero-order valence-electron chi connectivity index (χ0n) is 10.5. The van der Waals surface area contributed by atoms with E-state index in [1.54, 1.807) is 18.2 Å². The fourth-order valence-corrected chi connectivity index (χ4v) is 2.96. The van der Waals surface area contributed by atoms with Gasteiger partial charge in [-0.15, -0.1) is 0 Å². The Morgan fingerprint density at radius 1 is 0.952 bits per heavy atom. The van der Waals surface area contributed by atoms with Crippen LogP contribution in [-0.2, 0) is 0 Å². The van der Waals surface area contributed by atoms with Gasteiger partial charge in [0.2, 0.25) is 0 Å². The zero-order chi connectivity index (χ0) is 15.0. The molecule has 0 saturated heterocycles. The second-order valence-corrected chi connectivity index (χ2v) is 6.44. The van der Waals surface area contributed by atoms with Gasteiger partial charge in [0, 0.05) is 15.5 Å². The van der Waals surface area contributed by atoms with Crippen LogP contribution in [0.5, 0.6) is 0 Å². The summed E-state index contributed by atoms with van der Waals surface area (Å²) in [6, 6.07) is 13.0. The number of fused-ring (bicyclic) bond motifs is 1. The van der Waals surface area contributed by atoms with Crippen LogP contribution in [-0.4, -0.2) is 4.98 Å². The van der Waals surface area contributed by atoms with E-state index in [0.29, 0.717) is 15.2 Å². The molecule has 2 nitrogen and oxygen atoms in total. The molecule has 0 aliphatic heterocycles. The number of anilines is 2. The summed E-state index contributed by atoms with van der Waals surface area (Å²) < 4.78 is 0.889. The van der Waals surface area contributed by atoms with Crippen molar-refractivity contribution >= 4 is 73.0 Å². The molecule has 1 N–H and O–H groups in total. The number of halogens is 4. The van der Waals surface area contributed by atoms with Gasteiger partial charge in [0.25, 0.3) is 0 Å². The molecule has 0 fully saturated rings. The van der Waals surface area contributed by atoms with Gasteiger partial charge in [-0.05, 0) is 46.3 Å². The summed E-state index contributed by atoms with van der Waals surface area (Å²) in [7, 11) is 0. The van der Waals surface area contributed by atoms with Gasteiger partial charge >= 0.3 is 0 Å². The quantitative estimate of drug-likeness (QED) is 0.482. The predicted octanol–water partition coefficient (Wildman–Crippen LogP) is 6.70. The lowest BCUT2D eigenvalue weighted by molar-refractivity contribution is 1.39. The molecule has 0 spiro atoms. The monoisotopic (exact) mass is 400 g/mol. The van der Waals surface area contributed by atoms with Crippen LogP contribution < -0.4 is 5.32 Å². The molecule has 6 heteroatoms. The number of rotatable bonds is 2. The van der Waals surface area contributed by atoms with E-state index in [9.17, 15) is 0 Å². The molecule has 1 aromatic heterocycles. The zero-order valence-corrected chi connectivity index (χ0v) is 14.4. The Balaban J connectivity index is 2.11. The van der Waals surface area contributed by atoms with Crippen LogP contribution in [0.2, 0.25) is 15.2 Å². The summed E-state index contributed by atoms with van der Waals surface area (Å²) in [5, 5.41) is 5.68. The number of para-hydroxylation sites is 1. The Morgan fingerprint density at radius 3 is 2.52 bits per heavy atom. The Hall–Kier alpha value is -1.00. The molecule has 0 aliphatic rings. The lowest BCUT2D eigenvalue weighted by Crippen LogP contribution is -1.94. The number of aromatic nitrogens is 1. The minimum Gasteiger partial charge on any atom is -0.355 e. The Morgan fingerprint density at radius 2 is 1.76 bits per heavy atom. The van der Waals surface area contributed by atoms with E-state index in [-0.39, 0.29) is 0 Å². The molecule has 106 valence electrons. The third kappa shape index (κ3) is 3.11. The maximum atomic E-state index is 6.10. The SMILES string of the molecule is Clc1cc(Nc2ccc(Cl)c(Cl)c2)c2cccc(Br)c2n1. The average Bonchev–Trinajstić information content (AvgIpc) is 2.44. The van der Waals surface area contributed by atoms with Gasteiger partial charge in [-0.1, -0.05) is 46.9 Å². The molecular weight excluding hydrogens is 394 g/mol. The summed E-state index contributed by atoms with van der Waals surface area (Å²) in [5.41, 5.74) is 2.48. The third-order valence-corrected chi connectivity index (χ3v) is 4.53. The number of benzene rings is 2. The summed E-state index contributed by atoms with van der Waals surface area (Å²) in [5.74, 6) is 0. The lowest BCUT2D eigenvalue weighted by Gasteiger charge is -2.11. The first kappa shape index (κ1) is 14.9. The normalized spacial score (nSPS) is 10.9. The van der Waals surface area contributed by atoms with Gasteiger partial charge in [-0.2, -0.15) is 0 Å². The average molecular weight is 403 g/mol. The van der Waals surface area contributed by atoms with E-state index >= 15 is 0 Å². The first-order chi connectivity index (χ1) is 10.0. The molecule has 0 radical (unpaired) electrons. The van der Waals surface area contributed by atoms with Crippen LogP contribution >= 0.6 is 50.7 Å². The van der Waals surface area contributed by atoms with Crippen molar-refractivity contribution in [3.8, 4) is 0 Å². The minimum absolute atomic E-state index is 0.414. The molecule has 1 heterocycles. The van der Waals surface area contributed by atoms with Gasteiger partial charge in [-0.25, -0.2) is 4.98 Å². The first-order valence-electron chi connectivity index (χ1n) is 6.01. The van der Waals surface area contributed by atoms with Crippen LogP contribution in [0.3, 0.4) is 0 Å². The lowest BCUT2D eigenvalue weighted by atomic mass is 10.2. The molecular formula is C15H8BrCl3N2. The van der Waals surface area contributed by atoms with Crippen LogP contribution in [0.25, 0.3) is 10.9 Å². The molecule has 0 bridgehead atoms. The van der Waals surface area contributed by atoms with Crippen molar-refractivity contribution in [2.75, 3.05) is 5.32 Å². The number of hydrogen-bond donors (Lipinski definition) is 1. The van der Waals surface area contributed by atoms with E-state index < -0.39 is 0 Å². The van der Waals surface area contributed by atoms with Gasteiger partial charge in [0.1, 0.15) is 5.15 Å². The van der Waals surface area contributed by atoms with Crippen molar-refractivity contribution in [1.82, 2.24) is 4.98 Å². The molecule has 0 aliphatic carbocycles. The van der Waals surface area contributed by atoms with Crippen molar-refractivity contribution in [3.05, 3.63) is 62.1 Å². The van der Waals surface area contributed by atoms with E-state index in [4.69, 9.17) is 34.8 Å². The van der Waals surface area contributed by atoms with Crippen LogP contribution in [0.4, 0.5) is 11.4 Å². The number of nitrogens with one attached hydrogen (secondary N) is 1. The first-order valence-corrected chi connectivity index (χ1v) is 7.94. The highest BCUT2D eigenvalue weighted by molar-refractivity contribution is 9.10. The van der Waals surface area contributed by atoms with E-state index in [1.165, 1.54) is 0 Å². The highest BCUT2D eigenvalue weighted by Crippen LogP contribution is 2.33. The molecule has 2 aromatic carbocycles. The van der Waals surface area contributed by atoms with Crippen LogP contribution in [0.15, 0.2) is 46.9 Å². The van der Waals surface area contributed by atoms with E-state index in [0.717, 1.165) is 26.8 Å². The van der Waals surface area contributed by atoms with Gasteiger partial charge < -0.3 is 5.32 Å². The number of nitrogens with zero attached hydrogens (tertiary/aromatic N) is 1. The van der Waals surface area contributed by atoms with Crippen molar-refractivity contribution in [2.45, 2.75) is 0 Å². The second kappa shape index (κ2) is 6.01. The Bertz CT molecular complexity index is 837. The number of pyridine rings is 1. The molecule has 0 unspecified atom stereocenters. The van der Waals surface area contributed by atoms with Crippen molar-refractivity contribution in [2.24, 2.45) is 0 Å². The molecule has 0 saturated carbocycles. The summed E-state index contributed by atoms with van der Waals surface area (Å²) in [6.07, 6.45) is 0. The summed E-state index contributed by atoms with van der Waals surface area (Å²) in [4.78, 5) is 4.34. The molecule has 0 amide bonds. The number of hydrogen-bond acceptors (Lipinski definition) is 2. The van der Waals surface area contributed by atoms with Crippen molar-refractivity contribution < 1.29 is 0 Å². The highest BCUT2D eigenvalue weighted by Gasteiger charge is 2.08. The topological polar surface area (TPSA) is 24.9 Å². The standard InChI is InChI=1S/C15H8BrCl3N2/c16-10-3-1-2-9-13(7-14(19)21-15(9)10)20-8-4-5-11(17)12(18)6-8/h1-7H,(H,20,21). The maximum absolute atomic E-state index is 6.10. The fraction of sp³-hybridized carbons (Fsp3) is 0. The van der Waals surface area contributed by atoms with Gasteiger partial charge in [0.15, 0.2) is 0 Å². The Kier molecular flexibility index (Phi) is 4.27. The van der Waals surface area contributed by atoms with Gasteiger partial charge in [0.05, 0.1) is 21.2 Å². The molecule has 3 rings (SSSR count). The van der Waals surface area contributed by atoms with Crippen molar-refractivity contribution in [3.63, 3.8) is 0 Å². The third-order valence-electron chi connectivity index (χ3n) is 2.96. The fourth-order valence-electron chi connectivity index (χ4n) is 2.02. The predicted molar refractivity (Wildman–Crippen MR) is 94.2 cm³/mol. The summed E-state index contributed by atoms with van der Waals surface area (Å²) in [6.45, 7) is 0. The minimum atomic E-state index is 0.414. The van der Waals surface area contributed by atoms with E-state index in [2.05, 4.69) is 26.2 Å². The van der Waals surface area contributed by atoms with Gasteiger partial charge in [-0.3, -0.25) is 0 Å². The molecule has 21 heavy (non-hydrogen) atoms. The summed E-state index contributed by atoms with van der Waals surface area (Å²) >= 11 is 21.5. The van der Waals surface area contributed by atoms with E-state index in [1.807, 2.05) is 24.3 Å². The maximum Gasteiger partial charge on any atom is 0.131 e. The molecule has 0 atom stereocenters. The van der Waals surface area contributed by atoms with Crippen LogP contribution in [0.1, 0.15) is 0 Å². The highest BCUT2D eigenvalue weighted by atomic mass is 79.9. The smallest absolute Gasteiger partial charge is 0.131 e. The second-order valence-electron chi connectivity index (χ2n) is 4.38. The largest absolute Gasteiger partial charge is 0.355 e. The Labute approximate surface area is 145 Å².